The highest BCUT2D eigenvalue weighted by Gasteiger charge is 2.19. The molecule has 112 valence electrons. The fourth-order valence-electron chi connectivity index (χ4n) is 3.13. The first-order valence-corrected chi connectivity index (χ1v) is 7.41. The summed E-state index contributed by atoms with van der Waals surface area (Å²) in [5.41, 5.74) is 5.00. The van der Waals surface area contributed by atoms with Gasteiger partial charge in [0, 0.05) is 37.2 Å². The fraction of sp³-hybridized carbons (Fsp3) is 0.471. The Hall–Kier alpha value is -1.81. The second-order valence-corrected chi connectivity index (χ2v) is 6.29. The summed E-state index contributed by atoms with van der Waals surface area (Å²) in [6.07, 6.45) is 2.32. The molecule has 0 saturated carbocycles. The van der Waals surface area contributed by atoms with Crippen molar-refractivity contribution in [3.05, 3.63) is 35.0 Å². The molecule has 0 unspecified atom stereocenters. The maximum Gasteiger partial charge on any atom is 0.310 e. The van der Waals surface area contributed by atoms with Crippen LogP contribution in [0.25, 0.3) is 10.9 Å². The lowest BCUT2D eigenvalue weighted by Gasteiger charge is -2.07. The predicted octanol–water partition coefficient (Wildman–Crippen LogP) is 2.62. The zero-order valence-corrected chi connectivity index (χ0v) is 13.1. The Bertz CT molecular complexity index is 700. The van der Waals surface area contributed by atoms with Gasteiger partial charge in [-0.1, -0.05) is 0 Å². The molecule has 1 aromatic heterocycles. The van der Waals surface area contributed by atoms with E-state index in [9.17, 15) is 4.79 Å². The molecule has 0 amide bonds. The van der Waals surface area contributed by atoms with Crippen LogP contribution >= 0.6 is 0 Å². The summed E-state index contributed by atoms with van der Waals surface area (Å²) in [4.78, 5) is 14.2. The van der Waals surface area contributed by atoms with E-state index in [1.807, 2.05) is 27.1 Å². The number of esters is 1. The Labute approximate surface area is 125 Å². The molecule has 0 N–H and O–H groups in total. The molecule has 2 aromatic rings. The Kier molecular flexibility index (Phi) is 3.49. The molecular formula is C17H22N2O2. The highest BCUT2D eigenvalue weighted by Crippen LogP contribution is 2.30. The molecular weight excluding hydrogens is 264 g/mol. The number of carbonyl (C=O) groups is 1. The first-order valence-electron chi connectivity index (χ1n) is 7.41. The first kappa shape index (κ1) is 14.1. The fourth-order valence-corrected chi connectivity index (χ4v) is 3.13. The van der Waals surface area contributed by atoms with E-state index in [1.54, 1.807) is 0 Å². The minimum absolute atomic E-state index is 0.0645. The summed E-state index contributed by atoms with van der Waals surface area (Å²) in [5.74, 6) is -0.157. The van der Waals surface area contributed by atoms with Gasteiger partial charge < -0.3 is 9.30 Å². The lowest BCUT2D eigenvalue weighted by Crippen LogP contribution is -2.13. The molecule has 4 nitrogen and oxygen atoms in total. The van der Waals surface area contributed by atoms with Crippen molar-refractivity contribution in [1.82, 2.24) is 9.47 Å². The molecule has 1 aliphatic heterocycles. The van der Waals surface area contributed by atoms with Crippen molar-refractivity contribution in [2.24, 2.45) is 7.05 Å². The quantitative estimate of drug-likeness (QED) is 0.814. The van der Waals surface area contributed by atoms with Crippen molar-refractivity contribution >= 4 is 16.9 Å². The summed E-state index contributed by atoms with van der Waals surface area (Å²) in [6.45, 7) is 5.74. The first-order chi connectivity index (χ1) is 9.94. The van der Waals surface area contributed by atoms with Gasteiger partial charge in [-0.25, -0.2) is 0 Å². The Balaban J connectivity index is 1.97. The van der Waals surface area contributed by atoms with Gasteiger partial charge in [0.25, 0.3) is 0 Å². The van der Waals surface area contributed by atoms with E-state index < -0.39 is 0 Å². The highest BCUT2D eigenvalue weighted by atomic mass is 16.5. The van der Waals surface area contributed by atoms with Gasteiger partial charge in [-0.2, -0.15) is 0 Å². The number of aromatic nitrogens is 1. The maximum absolute atomic E-state index is 11.9. The van der Waals surface area contributed by atoms with Crippen molar-refractivity contribution in [1.29, 1.82) is 0 Å². The van der Waals surface area contributed by atoms with Crippen LogP contribution in [0.2, 0.25) is 0 Å². The van der Waals surface area contributed by atoms with Crippen LogP contribution in [0.1, 0.15) is 30.5 Å². The van der Waals surface area contributed by atoms with Crippen LogP contribution in [0.3, 0.4) is 0 Å². The molecule has 1 aliphatic rings. The summed E-state index contributed by atoms with van der Waals surface area (Å²) < 4.78 is 7.37. The molecule has 21 heavy (non-hydrogen) atoms. The number of ether oxygens (including phenoxy) is 1. The molecule has 0 radical (unpaired) electrons. The second-order valence-electron chi connectivity index (χ2n) is 6.29. The maximum atomic E-state index is 11.9. The largest absolute Gasteiger partial charge is 0.463 e. The van der Waals surface area contributed by atoms with Crippen LogP contribution in [-0.4, -0.2) is 28.6 Å². The summed E-state index contributed by atoms with van der Waals surface area (Å²) in [6, 6.07) is 4.50. The zero-order chi connectivity index (χ0) is 15.1. The van der Waals surface area contributed by atoms with E-state index in [2.05, 4.69) is 28.6 Å². The number of hydrogen-bond acceptors (Lipinski definition) is 3. The molecule has 2 heterocycles. The number of aryl methyl sites for hydroxylation is 1. The average Bonchev–Trinajstić information content (AvgIpc) is 2.86. The Morgan fingerprint density at radius 2 is 1.90 bits per heavy atom. The molecule has 0 spiro atoms. The van der Waals surface area contributed by atoms with E-state index >= 15 is 0 Å². The van der Waals surface area contributed by atoms with Gasteiger partial charge in [0.05, 0.1) is 12.5 Å². The monoisotopic (exact) mass is 286 g/mol. The van der Waals surface area contributed by atoms with Gasteiger partial charge in [0.15, 0.2) is 0 Å². The normalized spacial score (nSPS) is 14.9. The van der Waals surface area contributed by atoms with Gasteiger partial charge in [-0.3, -0.25) is 9.69 Å². The van der Waals surface area contributed by atoms with Crippen LogP contribution in [0.15, 0.2) is 18.3 Å². The molecule has 0 fully saturated rings. The molecule has 0 aliphatic carbocycles. The van der Waals surface area contributed by atoms with Gasteiger partial charge in [0.2, 0.25) is 0 Å². The minimum atomic E-state index is -0.157. The van der Waals surface area contributed by atoms with Crippen molar-refractivity contribution in [3.8, 4) is 0 Å². The third kappa shape index (κ3) is 2.68. The molecule has 3 rings (SSSR count). The Morgan fingerprint density at radius 3 is 2.57 bits per heavy atom. The number of nitrogens with zero attached hydrogens (tertiary/aromatic N) is 2. The average molecular weight is 286 g/mol. The lowest BCUT2D eigenvalue weighted by molar-refractivity contribution is -0.146. The SMILES string of the molecule is CC(C)OC(=O)Cc1cn(C)c2cc3c(cc12)CN(C)C3. The lowest BCUT2D eigenvalue weighted by atomic mass is 10.0. The van der Waals surface area contributed by atoms with Gasteiger partial charge >= 0.3 is 5.97 Å². The van der Waals surface area contributed by atoms with Crippen molar-refractivity contribution in [3.63, 3.8) is 0 Å². The van der Waals surface area contributed by atoms with E-state index in [0.717, 1.165) is 18.7 Å². The summed E-state index contributed by atoms with van der Waals surface area (Å²) in [7, 11) is 4.16. The molecule has 0 atom stereocenters. The van der Waals surface area contributed by atoms with Gasteiger partial charge in [-0.05, 0) is 49.7 Å². The van der Waals surface area contributed by atoms with Crippen molar-refractivity contribution < 1.29 is 9.53 Å². The van der Waals surface area contributed by atoms with Gasteiger partial charge in [0.1, 0.15) is 0 Å². The zero-order valence-electron chi connectivity index (χ0n) is 13.1. The van der Waals surface area contributed by atoms with Crippen LogP contribution in [0.4, 0.5) is 0 Å². The third-order valence-electron chi connectivity index (χ3n) is 3.98. The standard InChI is InChI=1S/C17H22N2O2/c1-11(2)21-17(20)7-14-10-19(4)16-6-13-9-18(3)8-12(13)5-15(14)16/h5-6,10-11H,7-9H2,1-4H3. The van der Waals surface area contributed by atoms with E-state index in [0.29, 0.717) is 6.42 Å². The number of carbonyl (C=O) groups excluding carboxylic acids is 1. The minimum Gasteiger partial charge on any atom is -0.463 e. The molecule has 0 bridgehead atoms. The molecule has 4 heteroatoms. The number of fused-ring (bicyclic) bond motifs is 2. The third-order valence-corrected chi connectivity index (χ3v) is 3.98. The molecule has 1 aromatic carbocycles. The molecule has 0 saturated heterocycles. The van der Waals surface area contributed by atoms with Crippen LogP contribution in [0, 0.1) is 0 Å². The Morgan fingerprint density at radius 1 is 1.24 bits per heavy atom. The predicted molar refractivity (Wildman–Crippen MR) is 83.0 cm³/mol. The number of hydrogen-bond donors (Lipinski definition) is 0. The second kappa shape index (κ2) is 5.19. The van der Waals surface area contributed by atoms with Crippen LogP contribution in [-0.2, 0) is 36.1 Å². The summed E-state index contributed by atoms with van der Waals surface area (Å²) >= 11 is 0. The summed E-state index contributed by atoms with van der Waals surface area (Å²) in [5, 5.41) is 1.17. The van der Waals surface area contributed by atoms with Gasteiger partial charge in [-0.15, -0.1) is 0 Å². The van der Waals surface area contributed by atoms with E-state index in [1.165, 1.54) is 22.0 Å². The van der Waals surface area contributed by atoms with E-state index in [4.69, 9.17) is 4.74 Å². The van der Waals surface area contributed by atoms with E-state index in [-0.39, 0.29) is 12.1 Å². The van der Waals surface area contributed by atoms with Crippen molar-refractivity contribution in [2.45, 2.75) is 39.5 Å². The number of benzene rings is 1. The topological polar surface area (TPSA) is 34.5 Å². The highest BCUT2D eigenvalue weighted by molar-refractivity contribution is 5.89. The number of rotatable bonds is 3. The van der Waals surface area contributed by atoms with Crippen molar-refractivity contribution in [2.75, 3.05) is 7.05 Å². The van der Waals surface area contributed by atoms with Crippen LogP contribution in [0.5, 0.6) is 0 Å². The van der Waals surface area contributed by atoms with Crippen LogP contribution < -0.4 is 0 Å². The smallest absolute Gasteiger partial charge is 0.310 e.